The Morgan fingerprint density at radius 3 is 2.64 bits per heavy atom. The monoisotopic (exact) mass is 563 g/mol. The first-order chi connectivity index (χ1) is 19.1. The molecule has 0 saturated carbocycles. The van der Waals surface area contributed by atoms with Crippen LogP contribution in [0.1, 0.15) is 39.5 Å². The zero-order valence-electron chi connectivity index (χ0n) is 21.7. The lowest BCUT2D eigenvalue weighted by molar-refractivity contribution is -0.115. The molecule has 0 unspecified atom stereocenters. The van der Waals surface area contributed by atoms with E-state index in [4.69, 9.17) is 9.47 Å². The summed E-state index contributed by atoms with van der Waals surface area (Å²) >= 11 is 2.94. The van der Waals surface area contributed by atoms with Crippen LogP contribution in [0.15, 0.2) is 59.8 Å². The van der Waals surface area contributed by atoms with Gasteiger partial charge in [-0.25, -0.2) is 4.79 Å². The lowest BCUT2D eigenvalue weighted by atomic mass is 10.1. The van der Waals surface area contributed by atoms with E-state index in [1.807, 2.05) is 59.2 Å². The van der Waals surface area contributed by atoms with E-state index in [0.717, 1.165) is 52.7 Å². The zero-order chi connectivity index (χ0) is 27.2. The highest BCUT2D eigenvalue weighted by atomic mass is 32.2. The van der Waals surface area contributed by atoms with Crippen LogP contribution in [0.3, 0.4) is 0 Å². The van der Waals surface area contributed by atoms with Gasteiger partial charge < -0.3 is 20.1 Å². The molecule has 39 heavy (non-hydrogen) atoms. The van der Waals surface area contributed by atoms with Crippen molar-refractivity contribution in [2.75, 3.05) is 30.6 Å². The number of methoxy groups -OCH3 is 2. The molecule has 0 saturated heterocycles. The fourth-order valence-corrected chi connectivity index (χ4v) is 6.75. The summed E-state index contributed by atoms with van der Waals surface area (Å²) in [4.78, 5) is 26.4. The number of nitrogens with one attached hydrogen (secondary N) is 2. The molecule has 2 heterocycles. The third-order valence-electron chi connectivity index (χ3n) is 6.38. The molecule has 5 rings (SSSR count). The fraction of sp³-hybridized carbons (Fsp3) is 0.286. The number of hydrogen-bond acceptors (Lipinski definition) is 9. The number of hydrogen-bond donors (Lipinski definition) is 2. The second-order valence-corrected chi connectivity index (χ2v) is 11.0. The molecule has 0 atom stereocenters. The Balaban J connectivity index is 1.27. The predicted octanol–water partition coefficient (Wildman–Crippen LogP) is 5.35. The molecule has 2 aromatic heterocycles. The number of para-hydroxylation sites is 3. The summed E-state index contributed by atoms with van der Waals surface area (Å²) < 4.78 is 12.4. The molecule has 0 aliphatic heterocycles. The molecule has 2 N–H and O–H groups in total. The van der Waals surface area contributed by atoms with Gasteiger partial charge in [0.25, 0.3) is 0 Å². The molecule has 0 radical (unpaired) electrons. The van der Waals surface area contributed by atoms with Crippen molar-refractivity contribution in [3.05, 3.63) is 76.4 Å². The molecule has 0 fully saturated rings. The van der Waals surface area contributed by atoms with Gasteiger partial charge in [0.15, 0.2) is 11.0 Å². The van der Waals surface area contributed by atoms with Crippen molar-refractivity contribution in [2.45, 2.75) is 37.4 Å². The minimum Gasteiger partial charge on any atom is -0.495 e. The third kappa shape index (κ3) is 5.94. The molecule has 9 nitrogen and oxygen atoms in total. The van der Waals surface area contributed by atoms with Gasteiger partial charge in [0.2, 0.25) is 5.91 Å². The van der Waals surface area contributed by atoms with Crippen LogP contribution in [0.5, 0.6) is 5.75 Å². The summed E-state index contributed by atoms with van der Waals surface area (Å²) in [7, 11) is 3.01. The summed E-state index contributed by atoms with van der Waals surface area (Å²) in [5.41, 5.74) is 3.32. The average molecular weight is 564 g/mol. The van der Waals surface area contributed by atoms with Crippen molar-refractivity contribution >= 4 is 45.7 Å². The van der Waals surface area contributed by atoms with Crippen LogP contribution >= 0.6 is 23.1 Å². The number of benzene rings is 2. The maximum atomic E-state index is 12.8. The molecule has 2 aromatic carbocycles. The first-order valence-electron chi connectivity index (χ1n) is 12.6. The number of thioether (sulfide) groups is 1. The number of carbonyl (C=O) groups excluding carboxylic acids is 2. The summed E-state index contributed by atoms with van der Waals surface area (Å²) in [6.07, 6.45) is 3.04. The van der Waals surface area contributed by atoms with E-state index < -0.39 is 5.97 Å². The summed E-state index contributed by atoms with van der Waals surface area (Å²) in [5.74, 6) is 1.42. The van der Waals surface area contributed by atoms with Gasteiger partial charge in [-0.15, -0.1) is 21.5 Å². The molecule has 1 aliphatic carbocycles. The molecule has 4 aromatic rings. The van der Waals surface area contributed by atoms with Crippen molar-refractivity contribution in [3.8, 4) is 11.4 Å². The highest BCUT2D eigenvalue weighted by Gasteiger charge is 2.28. The Bertz CT molecular complexity index is 1470. The van der Waals surface area contributed by atoms with Crippen molar-refractivity contribution in [1.29, 1.82) is 0 Å². The lowest BCUT2D eigenvalue weighted by Gasteiger charge is -2.13. The van der Waals surface area contributed by atoms with Gasteiger partial charge in [-0.1, -0.05) is 42.1 Å². The zero-order valence-corrected chi connectivity index (χ0v) is 23.4. The molecule has 202 valence electrons. The highest BCUT2D eigenvalue weighted by molar-refractivity contribution is 7.99. The smallest absolute Gasteiger partial charge is 0.341 e. The minimum atomic E-state index is -0.399. The van der Waals surface area contributed by atoms with Crippen molar-refractivity contribution in [1.82, 2.24) is 14.8 Å². The highest BCUT2D eigenvalue weighted by Crippen LogP contribution is 2.39. The van der Waals surface area contributed by atoms with Gasteiger partial charge in [-0.2, -0.15) is 0 Å². The van der Waals surface area contributed by atoms with Gasteiger partial charge >= 0.3 is 5.97 Å². The van der Waals surface area contributed by atoms with E-state index in [1.54, 1.807) is 7.11 Å². The van der Waals surface area contributed by atoms with Gasteiger partial charge in [-0.3, -0.25) is 9.36 Å². The van der Waals surface area contributed by atoms with E-state index in [0.29, 0.717) is 28.0 Å². The van der Waals surface area contributed by atoms with E-state index in [-0.39, 0.29) is 12.3 Å². The van der Waals surface area contributed by atoms with Crippen molar-refractivity contribution in [2.24, 2.45) is 0 Å². The number of fused-ring (bicyclic) bond motifs is 1. The normalized spacial score (nSPS) is 12.2. The Hall–Kier alpha value is -3.83. The van der Waals surface area contributed by atoms with Gasteiger partial charge in [0.1, 0.15) is 10.8 Å². The van der Waals surface area contributed by atoms with E-state index in [9.17, 15) is 9.59 Å². The number of aromatic nitrogens is 3. The topological polar surface area (TPSA) is 107 Å². The van der Waals surface area contributed by atoms with Crippen LogP contribution < -0.4 is 15.4 Å². The molecule has 0 bridgehead atoms. The number of amides is 1. The van der Waals surface area contributed by atoms with Gasteiger partial charge in [0.05, 0.1) is 32.0 Å². The second-order valence-electron chi connectivity index (χ2n) is 8.82. The molecule has 0 spiro atoms. The fourth-order valence-electron chi connectivity index (χ4n) is 4.54. The minimum absolute atomic E-state index is 0.156. The Morgan fingerprint density at radius 1 is 1.05 bits per heavy atom. The van der Waals surface area contributed by atoms with Crippen LogP contribution in [0, 0.1) is 0 Å². The van der Waals surface area contributed by atoms with Crippen molar-refractivity contribution in [3.63, 3.8) is 0 Å². The largest absolute Gasteiger partial charge is 0.495 e. The quantitative estimate of drug-likeness (QED) is 0.186. The second kappa shape index (κ2) is 12.4. The first-order valence-corrected chi connectivity index (χ1v) is 14.4. The molecule has 11 heteroatoms. The number of anilines is 2. The Labute approximate surface area is 234 Å². The van der Waals surface area contributed by atoms with E-state index >= 15 is 0 Å². The van der Waals surface area contributed by atoms with Crippen LogP contribution in [0.4, 0.5) is 10.7 Å². The predicted molar refractivity (Wildman–Crippen MR) is 153 cm³/mol. The van der Waals surface area contributed by atoms with E-state index in [2.05, 4.69) is 20.8 Å². The maximum absolute atomic E-state index is 12.8. The van der Waals surface area contributed by atoms with Crippen LogP contribution in [0.2, 0.25) is 0 Å². The van der Waals surface area contributed by atoms with Crippen molar-refractivity contribution < 1.29 is 19.1 Å². The molecule has 1 amide bonds. The third-order valence-corrected chi connectivity index (χ3v) is 8.52. The number of carbonyl (C=O) groups is 2. The average Bonchev–Trinajstić information content (AvgIpc) is 3.67. The SMILES string of the molecule is COC(=O)c1c(NC(=O)CCSc2nnc(CNc3ccccc3OC)n2-c2ccccc2)sc2c1CCC2. The molecule has 1 aliphatic rings. The maximum Gasteiger partial charge on any atom is 0.341 e. The number of aryl methyl sites for hydroxylation is 1. The Morgan fingerprint density at radius 2 is 1.85 bits per heavy atom. The van der Waals surface area contributed by atoms with Crippen LogP contribution in [-0.4, -0.2) is 46.6 Å². The summed E-state index contributed by atoms with van der Waals surface area (Å²) in [6, 6.07) is 17.6. The number of nitrogens with zero attached hydrogens (tertiary/aromatic N) is 3. The Kier molecular flexibility index (Phi) is 8.48. The number of ether oxygens (including phenoxy) is 2. The first kappa shape index (κ1) is 26.8. The van der Waals surface area contributed by atoms with Gasteiger partial charge in [-0.05, 0) is 49.1 Å². The molecular weight excluding hydrogens is 534 g/mol. The molecular formula is C28H29N5O4S2. The summed E-state index contributed by atoms with van der Waals surface area (Å²) in [5, 5.41) is 16.5. The number of thiophene rings is 1. The van der Waals surface area contributed by atoms with Crippen LogP contribution in [0.25, 0.3) is 5.69 Å². The van der Waals surface area contributed by atoms with Gasteiger partial charge in [0, 0.05) is 22.7 Å². The lowest BCUT2D eigenvalue weighted by Crippen LogP contribution is -2.15. The number of rotatable bonds is 11. The van der Waals surface area contributed by atoms with E-state index in [1.165, 1.54) is 30.2 Å². The number of esters is 1. The standard InChI is InChI=1S/C28H29N5O4S2/c1-36-21-13-7-6-12-20(21)29-17-23-31-32-28(33(23)18-9-4-3-5-10-18)38-16-15-24(34)30-26-25(27(35)37-2)19-11-8-14-22(19)39-26/h3-7,9-10,12-13,29H,8,11,14-17H2,1-2H3,(H,30,34). The summed E-state index contributed by atoms with van der Waals surface area (Å²) in [6.45, 7) is 0.433. The van der Waals surface area contributed by atoms with Crippen LogP contribution in [-0.2, 0) is 28.9 Å².